The molecule has 15 atom stereocenters. The Morgan fingerprint density at radius 2 is 1.34 bits per heavy atom. The molecule has 4 N–H and O–H groups in total. The fraction of sp³-hybridized carbons (Fsp3) is 0.641. The van der Waals surface area contributed by atoms with Crippen molar-refractivity contribution in [1.82, 2.24) is 43.9 Å². The van der Waals surface area contributed by atoms with Gasteiger partial charge in [0.25, 0.3) is 11.7 Å². The first-order valence-corrected chi connectivity index (χ1v) is 49.6. The Kier molecular flexibility index (Phi) is 44.5. The van der Waals surface area contributed by atoms with Crippen molar-refractivity contribution in [3.63, 3.8) is 0 Å². The molecule has 0 radical (unpaired) electrons. The second-order valence-corrected chi connectivity index (χ2v) is 37.3. The fourth-order valence-corrected chi connectivity index (χ4v) is 18.8. The van der Waals surface area contributed by atoms with Crippen molar-refractivity contribution in [2.45, 2.75) is 218 Å². The average Bonchev–Trinajstić information content (AvgIpc) is 1.58. The van der Waals surface area contributed by atoms with Crippen LogP contribution in [-0.2, 0) is 121 Å². The van der Waals surface area contributed by atoms with Crippen LogP contribution in [0.25, 0.3) is 38.8 Å². The van der Waals surface area contributed by atoms with Gasteiger partial charge >= 0.3 is 17.8 Å². The van der Waals surface area contributed by atoms with Gasteiger partial charge in [0.1, 0.15) is 30.1 Å². The quantitative estimate of drug-likeness (QED) is 0.0138. The molecule has 4 fully saturated rings. The molecule has 1 aliphatic carbocycles. The van der Waals surface area contributed by atoms with Crippen molar-refractivity contribution in [1.29, 1.82) is 0 Å². The van der Waals surface area contributed by atoms with Crippen molar-refractivity contribution in [2.75, 3.05) is 178 Å². The molecular weight excluding hydrogens is 1830 g/mol. The summed E-state index contributed by atoms with van der Waals surface area (Å²) >= 11 is 0. The van der Waals surface area contributed by atoms with Crippen LogP contribution in [0, 0.1) is 29.6 Å². The third kappa shape index (κ3) is 32.0. The number of carbonyl (C=O) groups excluding carboxylic acids is 6. The van der Waals surface area contributed by atoms with Crippen molar-refractivity contribution >= 4 is 62.8 Å². The third-order valence-electron chi connectivity index (χ3n) is 27.1. The number of piperidine rings is 1. The molecule has 38 heteroatoms. The number of nitrogens with two attached hydrogens (primary N) is 1. The first-order chi connectivity index (χ1) is 67.9. The first-order valence-electron chi connectivity index (χ1n) is 49.6. The number of amides is 2. The Morgan fingerprint density at radius 1 is 0.674 bits per heavy atom. The second-order valence-electron chi connectivity index (χ2n) is 37.3. The van der Waals surface area contributed by atoms with Crippen LogP contribution in [0.1, 0.15) is 149 Å². The number of benzene rings is 2. The number of alkyl halides is 3. The predicted molar refractivity (Wildman–Crippen MR) is 519 cm³/mol. The zero-order valence-electron chi connectivity index (χ0n) is 83.5. The van der Waals surface area contributed by atoms with Crippen molar-refractivity contribution in [3.8, 4) is 22.7 Å². The van der Waals surface area contributed by atoms with Gasteiger partial charge in [0, 0.05) is 139 Å². The molecule has 2 aromatic carbocycles. The summed E-state index contributed by atoms with van der Waals surface area (Å²) in [4.78, 5) is 113. The summed E-state index contributed by atoms with van der Waals surface area (Å²) in [7, 11) is 7.66. The molecule has 4 aliphatic heterocycles. The molecule has 4 aromatic heterocycles. The highest BCUT2D eigenvalue weighted by atomic mass is 19.4. The summed E-state index contributed by atoms with van der Waals surface area (Å²) in [6.07, 6.45) is 13.2. The van der Waals surface area contributed by atoms with E-state index in [9.17, 15) is 43.8 Å². The van der Waals surface area contributed by atoms with Gasteiger partial charge in [-0.3, -0.25) is 38.1 Å². The van der Waals surface area contributed by atoms with E-state index in [1.54, 1.807) is 94.0 Å². The number of imidazole rings is 1. The number of rotatable bonds is 43. The number of carbonyl (C=O) groups is 6. The number of ether oxygens (including phenoxy) is 15. The molecule has 2 amide bonds. The standard InChI is InChI=1S/C103H146F3N11O24/c1-68-19-13-12-14-20-69(2)89(127-8)63-79-28-23-73(6)102(126,141-79)98(122)99(123)116-34-17-15-22-85(116)100(124)140-90(64-87(118)70(3)58-72(5)96(121)97(130-11)95(120)71(4)57-68)82(107)59-74-24-31-88(91(60-74)128-9)139-40-18-16-21-77-67-115(111-110-77)39-42-132-44-46-134-48-50-136-52-54-138-56-55-137-53-51-135-49-47-133-45-43-131-41-33-93(119)114-37-35-113(36-38-114)84-30-27-78(62-81(84)103(104,105)106)117-94-80-61-75(76-26-32-92(129-10)109-65-76)25-29-83(80)108-66-86(94)112(7)101(117)125/h12-14,19-20,25-27,29-30,32,58,61-62,65-68,70-71,73-74,79,82,85,88-91,96-97,121,126H,15-18,21-24,28,31,33-57,59-60,63-64,107H2,1-11H3/b14-12+,19-13+,69-20+,72-58+/t68-,70-,71-,73-,74+,79+,82-,85+,88-,89+,90+,91-,96-,97+,102-/m1/s1. The molecule has 0 unspecified atom stereocenters. The van der Waals surface area contributed by atoms with Crippen LogP contribution < -0.4 is 21.1 Å². The summed E-state index contributed by atoms with van der Waals surface area (Å²) in [6, 6.07) is 10.9. The number of pyridine rings is 2. The largest absolute Gasteiger partial charge is 0.481 e. The normalized spacial score (nSPS) is 25.9. The zero-order chi connectivity index (χ0) is 101. The molecule has 141 heavy (non-hydrogen) atoms. The number of ketones is 3. The molecule has 5 aliphatic rings. The van der Waals surface area contributed by atoms with Gasteiger partial charge in [0.05, 0.1) is 190 Å². The number of fused-ring (bicyclic) bond motifs is 6. The maximum absolute atomic E-state index is 15.0. The fourth-order valence-electron chi connectivity index (χ4n) is 18.8. The lowest BCUT2D eigenvalue weighted by atomic mass is 9.80. The Hall–Kier alpha value is -9.46. The number of methoxy groups -OCH3 is 4. The number of Topliss-reactive ketones (excluding diaryl/α,β-unsaturated/α-hetero) is 3. The lowest BCUT2D eigenvalue weighted by Gasteiger charge is -2.42. The lowest BCUT2D eigenvalue weighted by molar-refractivity contribution is -0.265. The van der Waals surface area contributed by atoms with Crippen molar-refractivity contribution in [2.24, 2.45) is 42.4 Å². The number of allylic oxidation sites excluding steroid dienone is 6. The summed E-state index contributed by atoms with van der Waals surface area (Å²) < 4.78 is 136. The number of halogens is 3. The second kappa shape index (κ2) is 56.1. The van der Waals surface area contributed by atoms with Gasteiger partial charge in [-0.05, 0) is 162 Å². The van der Waals surface area contributed by atoms with Gasteiger partial charge in [0.2, 0.25) is 17.6 Å². The minimum atomic E-state index is -4.76. The van der Waals surface area contributed by atoms with Crippen LogP contribution in [0.3, 0.4) is 0 Å². The number of esters is 1. The van der Waals surface area contributed by atoms with Gasteiger partial charge in [-0.1, -0.05) is 75.4 Å². The minimum absolute atomic E-state index is 0.0213. The monoisotopic (exact) mass is 1980 g/mol. The predicted octanol–water partition coefficient (Wildman–Crippen LogP) is 10.7. The van der Waals surface area contributed by atoms with Gasteiger partial charge in [0.15, 0.2) is 5.78 Å². The van der Waals surface area contributed by atoms with Crippen LogP contribution >= 0.6 is 0 Å². The highest BCUT2D eigenvalue weighted by Gasteiger charge is 2.54. The van der Waals surface area contributed by atoms with E-state index >= 15 is 13.2 Å². The Labute approximate surface area is 823 Å². The number of unbranched alkanes of at least 4 members (excludes halogenated alkanes) is 1. The highest BCUT2D eigenvalue weighted by molar-refractivity contribution is 6.39. The van der Waals surface area contributed by atoms with E-state index in [2.05, 4.69) is 20.3 Å². The Morgan fingerprint density at radius 3 is 1.98 bits per heavy atom. The number of aliphatic hydroxyl groups is 2. The van der Waals surface area contributed by atoms with Crippen LogP contribution in [0.5, 0.6) is 5.88 Å². The number of nitrogens with zero attached hydrogens (tertiary/aromatic N) is 10. The Bertz CT molecular complexity index is 5180. The zero-order valence-corrected chi connectivity index (χ0v) is 83.5. The number of aryl methyl sites for hydroxylation is 2. The number of aromatic nitrogens is 7. The molecular formula is C103H146F3N11O24. The van der Waals surface area contributed by atoms with Gasteiger partial charge in [-0.15, -0.1) is 5.10 Å². The number of piperazine rings is 1. The van der Waals surface area contributed by atoms with Crippen LogP contribution in [0.15, 0.2) is 120 Å². The smallest absolute Gasteiger partial charge is 0.418 e. The van der Waals surface area contributed by atoms with Gasteiger partial charge < -0.3 is 102 Å². The molecule has 6 aromatic rings. The lowest BCUT2D eigenvalue weighted by Crippen LogP contribution is -2.61. The summed E-state index contributed by atoms with van der Waals surface area (Å²) in [6.45, 7) is 18.3. The maximum atomic E-state index is 15.0. The summed E-state index contributed by atoms with van der Waals surface area (Å²) in [5.74, 6) is -8.09. The van der Waals surface area contributed by atoms with Crippen LogP contribution in [0.4, 0.5) is 18.9 Å². The molecule has 778 valence electrons. The molecule has 35 nitrogen and oxygen atoms in total. The molecule has 1 saturated carbocycles. The minimum Gasteiger partial charge on any atom is -0.481 e. The van der Waals surface area contributed by atoms with E-state index in [4.69, 9.17) is 76.8 Å². The SMILES string of the molecule is COc1ccc(-c2ccc3ncc4c(c3c2)n(-c2ccc(N3CCN(C(=O)CCOCCOCCOCCOCCOCCOCCOCCOCCn5cc(CCCCO[C@@H]6CC[C@@H](C[C@@H](N)[C@@H]7CC(=O)[C@H](C)/C=C(\C)[C@@H](O)[C@@H](OC)C(=O)[C@H](C)C[C@H](C)/C=C/C=C/C=C(\C)[C@@H](OC)C[C@@H]8CC[C@@H](C)[C@@](O)(O8)C(=O)C(=O)N8CCCC[C@H]8C(=O)O7)C[C@H]6OC)nn5)CC3)c(C(F)(F)F)c2)c(=O)n4C)cn1. The molecule has 3 saturated heterocycles. The number of cyclic esters (lactones) is 1. The van der Waals surface area contributed by atoms with E-state index in [1.807, 2.05) is 68.6 Å². The number of hydrogen-bond acceptors (Lipinski definition) is 30. The number of anilines is 1. The van der Waals surface area contributed by atoms with Crippen molar-refractivity contribution in [3.05, 3.63) is 136 Å². The molecule has 8 heterocycles. The number of hydrogen-bond donors (Lipinski definition) is 3. The summed E-state index contributed by atoms with van der Waals surface area (Å²) in [5, 5.41) is 33.0. The average molecular weight is 1980 g/mol. The van der Waals surface area contributed by atoms with Crippen LogP contribution in [0.2, 0.25) is 0 Å². The van der Waals surface area contributed by atoms with E-state index in [-0.39, 0.29) is 125 Å². The third-order valence-corrected chi connectivity index (χ3v) is 27.1. The van der Waals surface area contributed by atoms with E-state index in [0.717, 1.165) is 46.2 Å². The summed E-state index contributed by atoms with van der Waals surface area (Å²) in [5.41, 5.74) is 10.7. The topological polar surface area (TPSA) is 400 Å². The van der Waals surface area contributed by atoms with E-state index in [0.29, 0.717) is 203 Å². The van der Waals surface area contributed by atoms with Crippen molar-refractivity contribution < 1.29 is 123 Å². The maximum Gasteiger partial charge on any atom is 0.418 e. The molecule has 2 bridgehead atoms. The van der Waals surface area contributed by atoms with E-state index in [1.165, 1.54) is 35.5 Å². The van der Waals surface area contributed by atoms with Gasteiger partial charge in [-0.2, -0.15) is 13.2 Å². The van der Waals surface area contributed by atoms with Crippen LogP contribution in [-0.4, -0.2) is 323 Å². The first kappa shape index (κ1) is 112. The molecule has 0 spiro atoms. The number of aliphatic hydroxyl groups excluding tert-OH is 1. The van der Waals surface area contributed by atoms with Gasteiger partial charge in [-0.25, -0.2) is 19.3 Å². The van der Waals surface area contributed by atoms with E-state index < -0.39 is 101 Å². The highest BCUT2D eigenvalue weighted by Crippen LogP contribution is 2.42. The molecule has 11 rings (SSSR count). The Balaban J connectivity index is 0.504.